The van der Waals surface area contributed by atoms with Gasteiger partial charge in [-0.15, -0.1) is 0 Å². The molecule has 9 nitrogen and oxygen atoms in total. The second-order valence-electron chi connectivity index (χ2n) is 7.55. The average molecular weight is 477 g/mol. The highest BCUT2D eigenvalue weighted by Crippen LogP contribution is 2.27. The number of thiocarbonyl (C=S) groups is 1. The summed E-state index contributed by atoms with van der Waals surface area (Å²) in [5.41, 5.74) is 2.12. The SMILES string of the molecule is O=C1NC(=S)N(CCc2ccc(O)cc2)C(=O)/C1=C/c1ccc(-c2ccc(C(=O)O)c(O)c2)[nH]1. The third kappa shape index (κ3) is 4.66. The Hall–Kier alpha value is -4.44. The molecule has 0 saturated carbocycles. The lowest BCUT2D eigenvalue weighted by molar-refractivity contribution is -0.128. The number of phenolic OH excluding ortho intramolecular Hbond substituents is 1. The highest BCUT2D eigenvalue weighted by molar-refractivity contribution is 7.80. The van der Waals surface area contributed by atoms with Crippen molar-refractivity contribution in [1.82, 2.24) is 15.2 Å². The van der Waals surface area contributed by atoms with Crippen molar-refractivity contribution in [3.05, 3.63) is 77.0 Å². The fourth-order valence-corrected chi connectivity index (χ4v) is 3.77. The first-order chi connectivity index (χ1) is 16.2. The second-order valence-corrected chi connectivity index (χ2v) is 7.94. The molecule has 0 aliphatic carbocycles. The fourth-order valence-electron chi connectivity index (χ4n) is 3.50. The molecule has 2 heterocycles. The molecule has 0 atom stereocenters. The molecule has 1 aromatic heterocycles. The summed E-state index contributed by atoms with van der Waals surface area (Å²) in [5, 5.41) is 30.9. The Morgan fingerprint density at radius 3 is 2.44 bits per heavy atom. The summed E-state index contributed by atoms with van der Waals surface area (Å²) in [6, 6.07) is 14.1. The van der Waals surface area contributed by atoms with E-state index < -0.39 is 17.8 Å². The molecule has 0 unspecified atom stereocenters. The molecule has 1 fully saturated rings. The van der Waals surface area contributed by atoms with Gasteiger partial charge in [-0.05, 0) is 66.7 Å². The monoisotopic (exact) mass is 477 g/mol. The van der Waals surface area contributed by atoms with Crippen LogP contribution in [0.4, 0.5) is 0 Å². The number of aromatic hydroxyl groups is 2. The predicted molar refractivity (Wildman–Crippen MR) is 127 cm³/mol. The minimum absolute atomic E-state index is 0.0205. The van der Waals surface area contributed by atoms with E-state index >= 15 is 0 Å². The van der Waals surface area contributed by atoms with Gasteiger partial charge in [0.15, 0.2) is 5.11 Å². The van der Waals surface area contributed by atoms with Crippen LogP contribution in [0.1, 0.15) is 21.6 Å². The van der Waals surface area contributed by atoms with Gasteiger partial charge in [-0.1, -0.05) is 18.2 Å². The van der Waals surface area contributed by atoms with Crippen LogP contribution in [0.2, 0.25) is 0 Å². The van der Waals surface area contributed by atoms with Crippen LogP contribution in [-0.2, 0) is 16.0 Å². The number of hydrogen-bond donors (Lipinski definition) is 5. The largest absolute Gasteiger partial charge is 0.508 e. The Kier molecular flexibility index (Phi) is 6.15. The van der Waals surface area contributed by atoms with Crippen LogP contribution < -0.4 is 5.32 Å². The number of nitrogens with zero attached hydrogens (tertiary/aromatic N) is 1. The number of carbonyl (C=O) groups excluding carboxylic acids is 2. The van der Waals surface area contributed by atoms with Gasteiger partial charge in [-0.25, -0.2) is 4.79 Å². The van der Waals surface area contributed by atoms with Crippen molar-refractivity contribution in [1.29, 1.82) is 0 Å². The second kappa shape index (κ2) is 9.20. The van der Waals surface area contributed by atoms with E-state index in [0.717, 1.165) is 5.56 Å². The molecule has 0 spiro atoms. The molecular formula is C24H19N3O6S. The molecule has 2 amide bonds. The van der Waals surface area contributed by atoms with E-state index in [0.29, 0.717) is 23.4 Å². The first-order valence-electron chi connectivity index (χ1n) is 10.2. The summed E-state index contributed by atoms with van der Waals surface area (Å²) < 4.78 is 0. The normalized spacial score (nSPS) is 15.0. The Labute approximate surface area is 199 Å². The number of carbonyl (C=O) groups is 3. The number of phenols is 2. The minimum atomic E-state index is -1.24. The Bertz CT molecular complexity index is 1340. The number of H-pyrrole nitrogens is 1. The van der Waals surface area contributed by atoms with Gasteiger partial charge in [0.25, 0.3) is 11.8 Å². The number of carboxylic acid groups (broad SMARTS) is 1. The van der Waals surface area contributed by atoms with E-state index in [4.69, 9.17) is 17.3 Å². The lowest BCUT2D eigenvalue weighted by Crippen LogP contribution is -2.54. The van der Waals surface area contributed by atoms with Gasteiger partial charge in [0.2, 0.25) is 0 Å². The number of nitrogens with one attached hydrogen (secondary N) is 2. The van der Waals surface area contributed by atoms with E-state index in [9.17, 15) is 24.6 Å². The van der Waals surface area contributed by atoms with Gasteiger partial charge in [-0.2, -0.15) is 0 Å². The highest BCUT2D eigenvalue weighted by Gasteiger charge is 2.33. The molecule has 0 radical (unpaired) electrons. The zero-order valence-corrected chi connectivity index (χ0v) is 18.4. The van der Waals surface area contributed by atoms with Crippen LogP contribution in [0.25, 0.3) is 17.3 Å². The molecule has 2 aromatic carbocycles. The molecule has 34 heavy (non-hydrogen) atoms. The molecular weight excluding hydrogens is 458 g/mol. The molecule has 0 bridgehead atoms. The van der Waals surface area contributed by atoms with Crippen molar-refractivity contribution in [3.8, 4) is 22.8 Å². The smallest absolute Gasteiger partial charge is 0.339 e. The molecule has 1 aliphatic rings. The number of aromatic amines is 1. The van der Waals surface area contributed by atoms with Crippen molar-refractivity contribution in [2.75, 3.05) is 6.54 Å². The quantitative estimate of drug-likeness (QED) is 0.209. The van der Waals surface area contributed by atoms with Crippen LogP contribution in [0.5, 0.6) is 11.5 Å². The van der Waals surface area contributed by atoms with Crippen molar-refractivity contribution in [2.24, 2.45) is 0 Å². The summed E-state index contributed by atoms with van der Waals surface area (Å²) in [5.74, 6) is -2.62. The van der Waals surface area contributed by atoms with Crippen molar-refractivity contribution in [2.45, 2.75) is 6.42 Å². The van der Waals surface area contributed by atoms with Crippen molar-refractivity contribution < 1.29 is 29.7 Å². The Morgan fingerprint density at radius 1 is 1.03 bits per heavy atom. The van der Waals surface area contributed by atoms with Crippen LogP contribution in [0.15, 0.2) is 60.2 Å². The lowest BCUT2D eigenvalue weighted by Gasteiger charge is -2.28. The number of carboxylic acids is 1. The van der Waals surface area contributed by atoms with Crippen LogP contribution in [-0.4, -0.2) is 54.6 Å². The number of benzene rings is 2. The Balaban J connectivity index is 1.54. The molecule has 4 rings (SSSR count). The lowest BCUT2D eigenvalue weighted by atomic mass is 10.1. The average Bonchev–Trinajstić information content (AvgIpc) is 3.26. The fraction of sp³-hybridized carbons (Fsp3) is 0.0833. The van der Waals surface area contributed by atoms with E-state index in [1.807, 2.05) is 0 Å². The van der Waals surface area contributed by atoms with Gasteiger partial charge >= 0.3 is 5.97 Å². The van der Waals surface area contributed by atoms with Crippen molar-refractivity contribution >= 4 is 41.2 Å². The van der Waals surface area contributed by atoms with E-state index in [1.165, 1.54) is 29.2 Å². The number of aromatic nitrogens is 1. The van der Waals surface area contributed by atoms with Gasteiger partial charge in [0.1, 0.15) is 22.6 Å². The van der Waals surface area contributed by atoms with Crippen LogP contribution >= 0.6 is 12.2 Å². The standard InChI is InChI=1S/C24H19N3O6S/c28-16-5-1-13(2-6-16)9-10-27-22(31)18(21(30)26-24(27)34)12-15-4-8-19(25-15)14-3-7-17(23(32)33)20(29)11-14/h1-8,11-12,25,28-29H,9-10H2,(H,32,33)(H,26,30,34)/b18-12+. The summed E-state index contributed by atoms with van der Waals surface area (Å²) in [4.78, 5) is 40.9. The summed E-state index contributed by atoms with van der Waals surface area (Å²) in [7, 11) is 0. The molecule has 1 saturated heterocycles. The zero-order valence-electron chi connectivity index (χ0n) is 17.6. The van der Waals surface area contributed by atoms with E-state index in [2.05, 4.69) is 10.3 Å². The molecule has 1 aliphatic heterocycles. The number of rotatable bonds is 6. The number of aromatic carboxylic acids is 1. The van der Waals surface area contributed by atoms with Crippen molar-refractivity contribution in [3.63, 3.8) is 0 Å². The topological polar surface area (TPSA) is 143 Å². The maximum absolute atomic E-state index is 13.0. The zero-order chi connectivity index (χ0) is 24.4. The molecule has 3 aromatic rings. The maximum atomic E-state index is 13.0. The highest BCUT2D eigenvalue weighted by atomic mass is 32.1. The Morgan fingerprint density at radius 2 is 1.76 bits per heavy atom. The molecule has 172 valence electrons. The predicted octanol–water partition coefficient (Wildman–Crippen LogP) is 2.66. The van der Waals surface area contributed by atoms with Crippen LogP contribution in [0, 0.1) is 0 Å². The van der Waals surface area contributed by atoms with Gasteiger partial charge < -0.3 is 20.3 Å². The van der Waals surface area contributed by atoms with Crippen LogP contribution in [0.3, 0.4) is 0 Å². The maximum Gasteiger partial charge on any atom is 0.339 e. The third-order valence-electron chi connectivity index (χ3n) is 5.29. The third-order valence-corrected chi connectivity index (χ3v) is 5.62. The number of hydrogen-bond acceptors (Lipinski definition) is 6. The minimum Gasteiger partial charge on any atom is -0.508 e. The van der Waals surface area contributed by atoms with Gasteiger partial charge in [0.05, 0.1) is 0 Å². The van der Waals surface area contributed by atoms with E-state index in [-0.39, 0.29) is 34.3 Å². The summed E-state index contributed by atoms with van der Waals surface area (Å²) in [6.45, 7) is 0.241. The first kappa shape index (κ1) is 22.7. The van der Waals surface area contributed by atoms with Gasteiger partial charge in [0, 0.05) is 23.5 Å². The number of amides is 2. The molecule has 10 heteroatoms. The van der Waals surface area contributed by atoms with Gasteiger partial charge in [-0.3, -0.25) is 19.8 Å². The summed E-state index contributed by atoms with van der Waals surface area (Å²) in [6.07, 6.45) is 1.87. The first-order valence-corrected chi connectivity index (χ1v) is 10.6. The van der Waals surface area contributed by atoms with E-state index in [1.54, 1.807) is 36.4 Å². The summed E-state index contributed by atoms with van der Waals surface area (Å²) >= 11 is 5.18. The molecule has 5 N–H and O–H groups in total.